The number of aromatic carboxylic acids is 1. The highest BCUT2D eigenvalue weighted by Crippen LogP contribution is 2.33. The molecule has 12 heterocycles. The highest BCUT2D eigenvalue weighted by Gasteiger charge is 2.24. The van der Waals surface area contributed by atoms with Gasteiger partial charge in [0.05, 0.1) is 143 Å². The van der Waals surface area contributed by atoms with E-state index in [0.717, 1.165) is 39.7 Å². The normalized spacial score (nSPS) is 11.0. The number of rotatable bonds is 14. The van der Waals surface area contributed by atoms with E-state index in [1.165, 1.54) is 24.8 Å². The molecule has 1 aromatic carbocycles. The van der Waals surface area contributed by atoms with Crippen molar-refractivity contribution in [2.75, 3.05) is 18.5 Å². The van der Waals surface area contributed by atoms with Gasteiger partial charge in [0.15, 0.2) is 22.6 Å². The fraction of sp³-hybridized carbons (Fsp3) is 0.270. The van der Waals surface area contributed by atoms with Gasteiger partial charge in [0.25, 0.3) is 5.91 Å². The standard InChI is InChI=1S/C20H19ClN6O.C15H16ClN5O2.C13H12ClN5O2.C10H10ClN3O2.C5H8N2O/c1-12-4-6-14(7-5-12)24-20(28)16-10-22-19-17(18(16)21)13(2)25-27(19)11-15-8-9-23-26(15)3;1-4-23-15(22)11-7-17-14-12(13(11)16)9(2)19-21(14)8-10-5-6-18-20(10)3;1-7-10-11(14)9(13(20)21)5-15-12(10)19(17-7)6-8-3-4-16-18(8)2;1-3-16-10(15)6-4-12-9-7(8(6)11)5(2)13-14-9;1-7-5(4-8)2-3-6-7/h4-10H,11H2,1-3H3,(H,24,28);5-7H,4,8H2,1-3H3;3-5H,6H2,1-2H3,(H,20,21);4H,3H2,1-2H3,(H,12,13,14);2-3,8H,4H2,1H3. The Morgan fingerprint density at radius 2 is 0.865 bits per heavy atom. The largest absolute Gasteiger partial charge is 0.478 e. The zero-order valence-electron chi connectivity index (χ0n) is 53.8. The molecule has 29 nitrogen and oxygen atoms in total. The van der Waals surface area contributed by atoms with Gasteiger partial charge in [-0.25, -0.2) is 48.4 Å². The van der Waals surface area contributed by atoms with Crippen molar-refractivity contribution in [2.24, 2.45) is 28.2 Å². The van der Waals surface area contributed by atoms with Crippen LogP contribution in [0.15, 0.2) is 98.1 Å². The molecule has 498 valence electrons. The van der Waals surface area contributed by atoms with Gasteiger partial charge in [-0.2, -0.15) is 40.8 Å². The molecule has 13 aromatic rings. The summed E-state index contributed by atoms with van der Waals surface area (Å²) in [7, 11) is 7.39. The van der Waals surface area contributed by atoms with Crippen LogP contribution in [0.25, 0.3) is 44.1 Å². The molecule has 1 amide bonds. The lowest BCUT2D eigenvalue weighted by Crippen LogP contribution is -2.13. The number of halogens is 4. The average Bonchev–Trinajstić information content (AvgIpc) is 1.63. The first kappa shape index (κ1) is 69.9. The predicted octanol–water partition coefficient (Wildman–Crippen LogP) is 9.97. The number of pyridine rings is 4. The zero-order chi connectivity index (χ0) is 69.2. The minimum Gasteiger partial charge on any atom is -0.478 e. The van der Waals surface area contributed by atoms with E-state index in [2.05, 4.69) is 71.1 Å². The third-order valence-electron chi connectivity index (χ3n) is 14.9. The third-order valence-corrected chi connectivity index (χ3v) is 16.5. The number of H-pyrrole nitrogens is 1. The van der Waals surface area contributed by atoms with E-state index in [1.54, 1.807) is 91.4 Å². The van der Waals surface area contributed by atoms with Crippen LogP contribution in [0.2, 0.25) is 20.1 Å². The van der Waals surface area contributed by atoms with Crippen molar-refractivity contribution >= 4 is 120 Å². The maximum absolute atomic E-state index is 12.7. The Morgan fingerprint density at radius 3 is 1.24 bits per heavy atom. The zero-order valence-corrected chi connectivity index (χ0v) is 56.9. The van der Waals surface area contributed by atoms with E-state index in [4.69, 9.17) is 66.1 Å². The summed E-state index contributed by atoms with van der Waals surface area (Å²) in [6.45, 7) is 14.9. The number of fused-ring (bicyclic) bond motifs is 4. The summed E-state index contributed by atoms with van der Waals surface area (Å²) in [5.41, 5.74) is 11.6. The second-order valence-electron chi connectivity index (χ2n) is 21.3. The Labute approximate surface area is 567 Å². The van der Waals surface area contributed by atoms with Crippen molar-refractivity contribution in [1.29, 1.82) is 0 Å². The lowest BCUT2D eigenvalue weighted by atomic mass is 10.2. The number of aliphatic hydroxyl groups excluding tert-OH is 1. The number of benzene rings is 1. The molecule has 12 aromatic heterocycles. The summed E-state index contributed by atoms with van der Waals surface area (Å²) >= 11 is 25.3. The minimum atomic E-state index is -1.10. The molecule has 4 N–H and O–H groups in total. The molecule has 0 saturated heterocycles. The van der Waals surface area contributed by atoms with Gasteiger partial charge in [0.1, 0.15) is 0 Å². The van der Waals surface area contributed by atoms with E-state index >= 15 is 0 Å². The Kier molecular flexibility index (Phi) is 22.4. The highest BCUT2D eigenvalue weighted by atomic mass is 35.5. The molecule has 0 spiro atoms. The summed E-state index contributed by atoms with van der Waals surface area (Å²) in [4.78, 5) is 64.4. The van der Waals surface area contributed by atoms with Gasteiger partial charge in [0, 0.05) is 89.1 Å². The molecule has 0 aliphatic heterocycles. The number of carboxylic acid groups (broad SMARTS) is 1. The molecule has 0 bridgehead atoms. The van der Waals surface area contributed by atoms with Crippen molar-refractivity contribution in [1.82, 2.24) is 98.6 Å². The molecular weight excluding hydrogens is 1320 g/mol. The Hall–Kier alpha value is -10.5. The van der Waals surface area contributed by atoms with Crippen molar-refractivity contribution in [3.8, 4) is 0 Å². The summed E-state index contributed by atoms with van der Waals surface area (Å²) < 4.78 is 22.0. The smallest absolute Gasteiger partial charge is 0.341 e. The van der Waals surface area contributed by atoms with Crippen molar-refractivity contribution < 1.29 is 38.9 Å². The molecule has 0 aliphatic rings. The highest BCUT2D eigenvalue weighted by molar-refractivity contribution is 6.40. The van der Waals surface area contributed by atoms with Crippen LogP contribution < -0.4 is 5.32 Å². The number of aromatic nitrogens is 20. The first-order chi connectivity index (χ1) is 45.9. The number of amides is 1. The number of carbonyl (C=O) groups excluding carboxylic acids is 3. The van der Waals surface area contributed by atoms with Crippen molar-refractivity contribution in [3.63, 3.8) is 0 Å². The quantitative estimate of drug-likeness (QED) is 0.0735. The van der Waals surface area contributed by atoms with E-state index in [9.17, 15) is 19.2 Å². The van der Waals surface area contributed by atoms with Gasteiger partial charge in [-0.1, -0.05) is 64.1 Å². The van der Waals surface area contributed by atoms with Gasteiger partial charge in [-0.15, -0.1) is 0 Å². The molecule has 13 rings (SSSR count). The van der Waals surface area contributed by atoms with Crippen molar-refractivity contribution in [3.05, 3.63) is 192 Å². The fourth-order valence-electron chi connectivity index (χ4n) is 9.77. The fourth-order valence-corrected chi connectivity index (χ4v) is 11.2. The molecule has 96 heavy (non-hydrogen) atoms. The Morgan fingerprint density at radius 1 is 0.500 bits per heavy atom. The van der Waals surface area contributed by atoms with Crippen LogP contribution in [0.4, 0.5) is 5.69 Å². The average molecular weight is 1390 g/mol. The van der Waals surface area contributed by atoms with E-state index in [1.807, 2.05) is 91.3 Å². The monoisotopic (exact) mass is 1380 g/mol. The minimum absolute atomic E-state index is 0.0210. The Balaban J connectivity index is 0.000000146. The van der Waals surface area contributed by atoms with Crippen LogP contribution in [0.3, 0.4) is 0 Å². The number of anilines is 1. The summed E-state index contributed by atoms with van der Waals surface area (Å²) in [6.07, 6.45) is 12.4. The molecular formula is C63H65Cl4N21O8. The van der Waals surface area contributed by atoms with E-state index in [0.29, 0.717) is 108 Å². The number of aromatic amines is 1. The molecule has 0 fully saturated rings. The Bertz CT molecular complexity index is 4980. The van der Waals surface area contributed by atoms with Crippen LogP contribution in [0, 0.1) is 34.6 Å². The van der Waals surface area contributed by atoms with Gasteiger partial charge in [-0.3, -0.25) is 28.6 Å². The number of esters is 2. The number of aryl methyl sites for hydroxylation is 9. The van der Waals surface area contributed by atoms with Gasteiger partial charge in [0.2, 0.25) is 0 Å². The topological polar surface area (TPSA) is 344 Å². The molecule has 0 saturated carbocycles. The number of carbonyl (C=O) groups is 4. The lowest BCUT2D eigenvalue weighted by Gasteiger charge is -2.08. The third kappa shape index (κ3) is 15.4. The number of aliphatic hydroxyl groups is 1. The predicted molar refractivity (Wildman–Crippen MR) is 360 cm³/mol. The lowest BCUT2D eigenvalue weighted by molar-refractivity contribution is 0.0516. The molecule has 0 unspecified atom stereocenters. The van der Waals surface area contributed by atoms with Crippen LogP contribution in [-0.4, -0.2) is 146 Å². The molecule has 0 radical (unpaired) electrons. The van der Waals surface area contributed by atoms with Crippen LogP contribution in [-0.2, 0) is 63.9 Å². The number of nitrogens with zero attached hydrogens (tertiary/aromatic N) is 19. The second-order valence-corrected chi connectivity index (χ2v) is 22.8. The number of carboxylic acids is 1. The van der Waals surface area contributed by atoms with Crippen molar-refractivity contribution in [2.45, 2.75) is 74.7 Å². The van der Waals surface area contributed by atoms with Crippen LogP contribution in [0.1, 0.15) is 106 Å². The second kappa shape index (κ2) is 30.7. The first-order valence-electron chi connectivity index (χ1n) is 29.4. The molecule has 0 atom stereocenters. The summed E-state index contributed by atoms with van der Waals surface area (Å²) in [6, 6.07) is 15.1. The van der Waals surface area contributed by atoms with Gasteiger partial charge < -0.3 is 25.0 Å². The number of nitrogens with one attached hydrogen (secondary N) is 2. The first-order valence-corrected chi connectivity index (χ1v) is 30.9. The van der Waals surface area contributed by atoms with Crippen LogP contribution in [0.5, 0.6) is 0 Å². The maximum Gasteiger partial charge on any atom is 0.341 e. The van der Waals surface area contributed by atoms with Crippen LogP contribution >= 0.6 is 46.4 Å². The SMILES string of the molecule is CCOC(=O)c1cnc2c(c(C)nn2Cc2ccnn2C)c1Cl.CCOC(=O)c1cnc2n[nH]c(C)c2c1Cl.Cc1ccc(NC(=O)c2cnc3c(c(C)nn3Cc3ccnn3C)c2Cl)cc1.Cc1nn(Cc2ccnn2C)c2ncc(C(=O)O)c(Cl)c12.Cn1nccc1CO. The summed E-state index contributed by atoms with van der Waals surface area (Å²) in [5, 5.41) is 60.7. The molecule has 0 aliphatic carbocycles. The summed E-state index contributed by atoms with van der Waals surface area (Å²) in [5.74, 6) is -2.36. The van der Waals surface area contributed by atoms with Gasteiger partial charge in [-0.05, 0) is 84.9 Å². The van der Waals surface area contributed by atoms with E-state index in [-0.39, 0.29) is 40.8 Å². The number of ether oxygens (including phenoxy) is 2. The number of hydrogen-bond acceptors (Lipinski definition) is 19. The van der Waals surface area contributed by atoms with E-state index < -0.39 is 17.9 Å². The van der Waals surface area contributed by atoms with Gasteiger partial charge >= 0.3 is 17.9 Å². The number of hydrogen-bond donors (Lipinski definition) is 4. The maximum atomic E-state index is 12.7. The molecule has 33 heteroatoms.